The van der Waals surface area contributed by atoms with Crippen molar-refractivity contribution in [3.8, 4) is 5.75 Å². The second kappa shape index (κ2) is 9.96. The molecular weight excluding hydrogens is 442 g/mol. The van der Waals surface area contributed by atoms with Crippen LogP contribution < -0.4 is 4.74 Å². The first-order valence-corrected chi connectivity index (χ1v) is 11.2. The highest BCUT2D eigenvalue weighted by Crippen LogP contribution is 2.40. The van der Waals surface area contributed by atoms with E-state index >= 15 is 0 Å². The number of hydrogen-bond acceptors (Lipinski definition) is 5. The van der Waals surface area contributed by atoms with Crippen LogP contribution in [0.3, 0.4) is 0 Å². The fraction of sp³-hybridized carbons (Fsp3) is 0.231. The number of unbranched alkanes of at least 4 members (excludes halogenated alkanes) is 1. The summed E-state index contributed by atoms with van der Waals surface area (Å²) in [7, 11) is 0. The fourth-order valence-corrected chi connectivity index (χ4v) is 3.93. The maximum Gasteiger partial charge on any atom is 0.296 e. The fourth-order valence-electron chi connectivity index (χ4n) is 3.80. The molecule has 0 radical (unpaired) electrons. The van der Waals surface area contributed by atoms with E-state index in [1.807, 2.05) is 12.1 Å². The monoisotopic (exact) mass is 465 g/mol. The lowest BCUT2D eigenvalue weighted by Crippen LogP contribution is -2.29. The number of aliphatic hydroxyl groups is 1. The van der Waals surface area contributed by atoms with Crippen LogP contribution >= 0.6 is 11.6 Å². The van der Waals surface area contributed by atoms with Gasteiger partial charge in [0.2, 0.25) is 0 Å². The van der Waals surface area contributed by atoms with E-state index in [4.69, 9.17) is 20.8 Å². The standard InChI is InChI=1S/C26H24ClNO5/c1-2-3-14-32-20-12-8-17(9-13-20)23-22(24(29)18-6-10-19(27)11-7-18)25(30)26(31)28(23)16-21-5-4-15-33-21/h4-13,15,23,29H,2-3,14,16H2,1H3. The normalized spacial score (nSPS) is 17.5. The largest absolute Gasteiger partial charge is 0.507 e. The Labute approximate surface area is 197 Å². The third-order valence-corrected chi connectivity index (χ3v) is 5.78. The molecule has 2 heterocycles. The summed E-state index contributed by atoms with van der Waals surface area (Å²) in [5.41, 5.74) is 1.10. The zero-order chi connectivity index (χ0) is 23.4. The van der Waals surface area contributed by atoms with E-state index in [2.05, 4.69) is 6.92 Å². The van der Waals surface area contributed by atoms with Crippen molar-refractivity contribution in [2.24, 2.45) is 0 Å². The molecule has 1 aliphatic rings. The molecule has 7 heteroatoms. The number of carbonyl (C=O) groups excluding carboxylic acids is 2. The van der Waals surface area contributed by atoms with Crippen molar-refractivity contribution < 1.29 is 23.8 Å². The average molecular weight is 466 g/mol. The number of Topliss-reactive ketones (excluding diaryl/α,β-unsaturated/α-hetero) is 1. The van der Waals surface area contributed by atoms with Crippen LogP contribution in [-0.4, -0.2) is 28.3 Å². The van der Waals surface area contributed by atoms with Gasteiger partial charge in [-0.1, -0.05) is 37.1 Å². The van der Waals surface area contributed by atoms with Gasteiger partial charge in [-0.25, -0.2) is 0 Å². The van der Waals surface area contributed by atoms with Crippen LogP contribution in [-0.2, 0) is 16.1 Å². The SMILES string of the molecule is CCCCOc1ccc(C2C(=C(O)c3ccc(Cl)cc3)C(=O)C(=O)N2Cc2ccco2)cc1. The number of nitrogens with zero attached hydrogens (tertiary/aromatic N) is 1. The van der Waals surface area contributed by atoms with Gasteiger partial charge < -0.3 is 19.2 Å². The summed E-state index contributed by atoms with van der Waals surface area (Å²) >= 11 is 5.97. The molecule has 3 aromatic rings. The number of halogens is 1. The predicted octanol–water partition coefficient (Wildman–Crippen LogP) is 5.73. The van der Waals surface area contributed by atoms with Crippen LogP contribution in [0.5, 0.6) is 5.75 Å². The average Bonchev–Trinajstić information content (AvgIpc) is 3.42. The number of furan rings is 1. The Hall–Kier alpha value is -3.51. The number of benzene rings is 2. The molecule has 1 saturated heterocycles. The lowest BCUT2D eigenvalue weighted by atomic mass is 9.95. The van der Waals surface area contributed by atoms with Crippen molar-refractivity contribution in [1.82, 2.24) is 4.90 Å². The highest BCUT2D eigenvalue weighted by atomic mass is 35.5. The lowest BCUT2D eigenvalue weighted by Gasteiger charge is -2.24. The van der Waals surface area contributed by atoms with E-state index < -0.39 is 17.7 Å². The summed E-state index contributed by atoms with van der Waals surface area (Å²) in [4.78, 5) is 27.5. The lowest BCUT2D eigenvalue weighted by molar-refractivity contribution is -0.140. The van der Waals surface area contributed by atoms with Crippen LogP contribution in [0.2, 0.25) is 5.02 Å². The number of amides is 1. The summed E-state index contributed by atoms with van der Waals surface area (Å²) in [6, 6.07) is 16.4. The van der Waals surface area contributed by atoms with E-state index in [1.165, 1.54) is 11.2 Å². The van der Waals surface area contributed by atoms with Gasteiger partial charge >= 0.3 is 0 Å². The molecule has 1 aliphatic heterocycles. The molecule has 0 bridgehead atoms. The summed E-state index contributed by atoms with van der Waals surface area (Å²) in [6.07, 6.45) is 3.49. The minimum atomic E-state index is -0.782. The van der Waals surface area contributed by atoms with Gasteiger partial charge in [-0.05, 0) is 60.5 Å². The van der Waals surface area contributed by atoms with Crippen LogP contribution in [0.25, 0.3) is 5.76 Å². The molecular formula is C26H24ClNO5. The Balaban J connectivity index is 1.75. The van der Waals surface area contributed by atoms with Crippen LogP contribution in [0.4, 0.5) is 0 Å². The van der Waals surface area contributed by atoms with Gasteiger partial charge in [0.15, 0.2) is 0 Å². The Morgan fingerprint density at radius 2 is 1.82 bits per heavy atom. The molecule has 1 N–H and O–H groups in total. The molecule has 6 nitrogen and oxygen atoms in total. The zero-order valence-electron chi connectivity index (χ0n) is 18.2. The third kappa shape index (κ3) is 4.81. The Kier molecular flexibility index (Phi) is 6.84. The van der Waals surface area contributed by atoms with Gasteiger partial charge in [-0.3, -0.25) is 9.59 Å². The van der Waals surface area contributed by atoms with Crippen molar-refractivity contribution in [3.63, 3.8) is 0 Å². The smallest absolute Gasteiger partial charge is 0.296 e. The van der Waals surface area contributed by atoms with E-state index in [1.54, 1.807) is 48.5 Å². The van der Waals surface area contributed by atoms with Gasteiger partial charge in [0.05, 0.1) is 31.0 Å². The first-order chi connectivity index (χ1) is 16.0. The minimum Gasteiger partial charge on any atom is -0.507 e. The quantitative estimate of drug-likeness (QED) is 0.199. The first-order valence-electron chi connectivity index (χ1n) is 10.8. The van der Waals surface area contributed by atoms with Crippen LogP contribution in [0.15, 0.2) is 76.9 Å². The van der Waals surface area contributed by atoms with Gasteiger partial charge in [0.25, 0.3) is 11.7 Å². The van der Waals surface area contributed by atoms with Gasteiger partial charge in [-0.2, -0.15) is 0 Å². The zero-order valence-corrected chi connectivity index (χ0v) is 18.9. The Morgan fingerprint density at radius 1 is 1.09 bits per heavy atom. The third-order valence-electron chi connectivity index (χ3n) is 5.53. The second-order valence-corrected chi connectivity index (χ2v) is 8.22. The van der Waals surface area contributed by atoms with Crippen molar-refractivity contribution in [3.05, 3.63) is 94.4 Å². The van der Waals surface area contributed by atoms with Crippen molar-refractivity contribution in [2.75, 3.05) is 6.61 Å². The maximum absolute atomic E-state index is 13.1. The number of likely N-dealkylation sites (tertiary alicyclic amines) is 1. The van der Waals surface area contributed by atoms with Gasteiger partial charge in [-0.15, -0.1) is 0 Å². The molecule has 1 fully saturated rings. The molecule has 33 heavy (non-hydrogen) atoms. The number of rotatable bonds is 8. The number of ketones is 1. The maximum atomic E-state index is 13.1. The molecule has 170 valence electrons. The van der Waals surface area contributed by atoms with Crippen LogP contribution in [0, 0.1) is 0 Å². The predicted molar refractivity (Wildman–Crippen MR) is 125 cm³/mol. The number of carbonyl (C=O) groups is 2. The minimum absolute atomic E-state index is 0.0218. The van der Waals surface area contributed by atoms with Gasteiger partial charge in [0, 0.05) is 10.6 Å². The highest BCUT2D eigenvalue weighted by molar-refractivity contribution is 6.46. The Bertz CT molecular complexity index is 1150. The summed E-state index contributed by atoms with van der Waals surface area (Å²) < 4.78 is 11.1. The van der Waals surface area contributed by atoms with E-state index in [0.717, 1.165) is 12.8 Å². The van der Waals surface area contributed by atoms with Crippen molar-refractivity contribution in [1.29, 1.82) is 0 Å². The number of hydrogen-bond donors (Lipinski definition) is 1. The van der Waals surface area contributed by atoms with E-state index in [0.29, 0.717) is 34.3 Å². The highest BCUT2D eigenvalue weighted by Gasteiger charge is 2.46. The van der Waals surface area contributed by atoms with E-state index in [-0.39, 0.29) is 17.9 Å². The van der Waals surface area contributed by atoms with Crippen LogP contribution in [0.1, 0.15) is 42.7 Å². The molecule has 2 aromatic carbocycles. The Morgan fingerprint density at radius 3 is 2.45 bits per heavy atom. The summed E-state index contributed by atoms with van der Waals surface area (Å²) in [5.74, 6) is -0.460. The topological polar surface area (TPSA) is 80.0 Å². The molecule has 0 saturated carbocycles. The summed E-state index contributed by atoms with van der Waals surface area (Å²) in [6.45, 7) is 2.80. The summed E-state index contributed by atoms with van der Waals surface area (Å²) in [5, 5.41) is 11.6. The molecule has 1 unspecified atom stereocenters. The second-order valence-electron chi connectivity index (χ2n) is 7.78. The number of aliphatic hydroxyl groups excluding tert-OH is 1. The van der Waals surface area contributed by atoms with E-state index in [9.17, 15) is 14.7 Å². The molecule has 1 aromatic heterocycles. The van der Waals surface area contributed by atoms with Crippen molar-refractivity contribution in [2.45, 2.75) is 32.4 Å². The number of ether oxygens (including phenoxy) is 1. The van der Waals surface area contributed by atoms with Gasteiger partial charge in [0.1, 0.15) is 17.3 Å². The molecule has 0 aliphatic carbocycles. The molecule has 1 amide bonds. The first kappa shape index (κ1) is 22.7. The van der Waals surface area contributed by atoms with Crippen molar-refractivity contribution >= 4 is 29.1 Å². The molecule has 1 atom stereocenters. The molecule has 0 spiro atoms. The molecule has 4 rings (SSSR count).